The third-order valence-corrected chi connectivity index (χ3v) is 5.04. The number of hydrogen-bond donors (Lipinski definition) is 0. The molecule has 0 bridgehead atoms. The van der Waals surface area contributed by atoms with E-state index in [2.05, 4.69) is 0 Å². The zero-order valence-corrected chi connectivity index (χ0v) is 14.3. The Hall–Kier alpha value is -3.06. The largest absolute Gasteiger partial charge is 0.457 e. The minimum atomic E-state index is -0.500. The molecule has 0 saturated carbocycles. The Morgan fingerprint density at radius 1 is 1.15 bits per heavy atom. The van der Waals surface area contributed by atoms with E-state index in [0.29, 0.717) is 33.6 Å². The van der Waals surface area contributed by atoms with E-state index in [-0.39, 0.29) is 16.9 Å². The van der Waals surface area contributed by atoms with Crippen molar-refractivity contribution in [3.63, 3.8) is 0 Å². The summed E-state index contributed by atoms with van der Waals surface area (Å²) in [5, 5.41) is 12.2. The van der Waals surface area contributed by atoms with Crippen LogP contribution in [-0.2, 0) is 0 Å². The van der Waals surface area contributed by atoms with Crippen LogP contribution in [0.25, 0.3) is 16.5 Å². The lowest BCUT2D eigenvalue weighted by molar-refractivity contribution is -0.385. The second-order valence-electron chi connectivity index (χ2n) is 5.67. The quantitative estimate of drug-likeness (QED) is 0.382. The zero-order valence-electron chi connectivity index (χ0n) is 13.5. The fourth-order valence-corrected chi connectivity index (χ4v) is 3.86. The molecule has 0 radical (unpaired) electrons. The Kier molecular flexibility index (Phi) is 4.22. The third kappa shape index (κ3) is 2.86. The standard InChI is InChI=1S/C19H13NO5S/c21-18-13-5-1-3-7-15(13)25-19-17(18)12(9-10-26-19)11-24-16-8-4-2-6-14(16)20(22)23/h1-8,11H,9-10H2/b12-11-. The van der Waals surface area contributed by atoms with Gasteiger partial charge in [0.1, 0.15) is 5.58 Å². The van der Waals surface area contributed by atoms with Crippen LogP contribution in [-0.4, -0.2) is 10.7 Å². The SMILES string of the molecule is O=c1c2c(oc3ccccc13)SCC/C2=C/Oc1ccccc1[N+](=O)[O-]. The van der Waals surface area contributed by atoms with E-state index in [1.165, 1.54) is 30.2 Å². The van der Waals surface area contributed by atoms with E-state index < -0.39 is 4.92 Å². The number of allylic oxidation sites excluding steroid dienone is 1. The highest BCUT2D eigenvalue weighted by Crippen LogP contribution is 2.37. The first-order chi connectivity index (χ1) is 12.6. The maximum Gasteiger partial charge on any atom is 0.311 e. The molecule has 0 saturated heterocycles. The molecular formula is C19H13NO5S. The first-order valence-electron chi connectivity index (χ1n) is 7.93. The van der Waals surface area contributed by atoms with Crippen molar-refractivity contribution in [1.29, 1.82) is 0 Å². The van der Waals surface area contributed by atoms with Crippen LogP contribution < -0.4 is 10.2 Å². The summed E-state index contributed by atoms with van der Waals surface area (Å²) in [6.07, 6.45) is 2.04. The molecule has 0 amide bonds. The molecule has 0 spiro atoms. The first-order valence-corrected chi connectivity index (χ1v) is 8.92. The predicted octanol–water partition coefficient (Wildman–Crippen LogP) is 4.62. The van der Waals surface area contributed by atoms with Crippen molar-refractivity contribution in [2.45, 2.75) is 11.5 Å². The van der Waals surface area contributed by atoms with E-state index in [9.17, 15) is 14.9 Å². The van der Waals surface area contributed by atoms with Gasteiger partial charge in [-0.25, -0.2) is 0 Å². The lowest BCUT2D eigenvalue weighted by atomic mass is 10.0. The number of fused-ring (bicyclic) bond motifs is 2. The molecule has 6 nitrogen and oxygen atoms in total. The van der Waals surface area contributed by atoms with Gasteiger partial charge >= 0.3 is 5.69 Å². The van der Waals surface area contributed by atoms with Gasteiger partial charge in [-0.05, 0) is 24.6 Å². The summed E-state index contributed by atoms with van der Waals surface area (Å²) in [7, 11) is 0. The number of nitrogens with zero attached hydrogens (tertiary/aromatic N) is 1. The maximum absolute atomic E-state index is 12.9. The lowest BCUT2D eigenvalue weighted by Gasteiger charge is -2.17. The van der Waals surface area contributed by atoms with Gasteiger partial charge in [-0.2, -0.15) is 0 Å². The third-order valence-electron chi connectivity index (χ3n) is 4.08. The Bertz CT molecular complexity index is 1100. The minimum Gasteiger partial charge on any atom is -0.457 e. The summed E-state index contributed by atoms with van der Waals surface area (Å²) in [5.41, 5.74) is 1.45. The van der Waals surface area contributed by atoms with Crippen LogP contribution in [0.3, 0.4) is 0 Å². The molecule has 2 heterocycles. The number of para-hydroxylation sites is 3. The fraction of sp³-hybridized carbons (Fsp3) is 0.105. The van der Waals surface area contributed by atoms with E-state index >= 15 is 0 Å². The molecule has 7 heteroatoms. The molecular weight excluding hydrogens is 354 g/mol. The van der Waals surface area contributed by atoms with Gasteiger partial charge in [-0.1, -0.05) is 36.0 Å². The number of rotatable bonds is 3. The van der Waals surface area contributed by atoms with Crippen LogP contribution >= 0.6 is 11.8 Å². The van der Waals surface area contributed by atoms with Crippen LogP contribution in [0.2, 0.25) is 0 Å². The summed E-state index contributed by atoms with van der Waals surface area (Å²) in [6, 6.07) is 13.2. The van der Waals surface area contributed by atoms with E-state index in [1.54, 1.807) is 30.3 Å². The molecule has 4 rings (SSSR count). The van der Waals surface area contributed by atoms with Crippen molar-refractivity contribution in [2.75, 3.05) is 5.75 Å². The van der Waals surface area contributed by atoms with Crippen LogP contribution in [0.15, 0.2) is 69.1 Å². The van der Waals surface area contributed by atoms with Gasteiger partial charge in [-0.3, -0.25) is 14.9 Å². The molecule has 2 aromatic carbocycles. The van der Waals surface area contributed by atoms with Gasteiger partial charge < -0.3 is 9.15 Å². The van der Waals surface area contributed by atoms with Gasteiger partial charge in [0, 0.05) is 17.4 Å². The van der Waals surface area contributed by atoms with Gasteiger partial charge in [-0.15, -0.1) is 0 Å². The molecule has 0 atom stereocenters. The van der Waals surface area contributed by atoms with Gasteiger partial charge in [0.25, 0.3) is 0 Å². The van der Waals surface area contributed by atoms with Gasteiger partial charge in [0.2, 0.25) is 11.2 Å². The number of benzene rings is 2. The molecule has 26 heavy (non-hydrogen) atoms. The molecule has 0 unspecified atom stereocenters. The van der Waals surface area contributed by atoms with Crippen molar-refractivity contribution in [1.82, 2.24) is 0 Å². The number of nitro benzene ring substituents is 1. The lowest BCUT2D eigenvalue weighted by Crippen LogP contribution is -2.14. The molecule has 0 aliphatic carbocycles. The highest BCUT2D eigenvalue weighted by atomic mass is 32.2. The van der Waals surface area contributed by atoms with E-state index in [0.717, 1.165) is 5.75 Å². The Balaban J connectivity index is 1.79. The average molecular weight is 367 g/mol. The average Bonchev–Trinajstić information content (AvgIpc) is 2.66. The number of nitro groups is 1. The highest BCUT2D eigenvalue weighted by molar-refractivity contribution is 7.99. The highest BCUT2D eigenvalue weighted by Gasteiger charge is 2.23. The number of thioether (sulfide) groups is 1. The van der Waals surface area contributed by atoms with E-state index in [1.807, 2.05) is 6.07 Å². The summed E-state index contributed by atoms with van der Waals surface area (Å²) < 4.78 is 11.4. The summed E-state index contributed by atoms with van der Waals surface area (Å²) in [4.78, 5) is 23.5. The molecule has 0 fully saturated rings. The molecule has 1 aliphatic heterocycles. The normalized spacial score (nSPS) is 15.0. The van der Waals surface area contributed by atoms with Crippen molar-refractivity contribution >= 4 is 34.0 Å². The number of ether oxygens (including phenoxy) is 1. The topological polar surface area (TPSA) is 82.6 Å². The van der Waals surface area contributed by atoms with Gasteiger partial charge in [0.05, 0.1) is 22.1 Å². The molecule has 0 N–H and O–H groups in total. The second kappa shape index (κ2) is 6.68. The zero-order chi connectivity index (χ0) is 18.1. The first kappa shape index (κ1) is 16.4. The predicted molar refractivity (Wildman–Crippen MR) is 99.5 cm³/mol. The molecule has 3 aromatic rings. The van der Waals surface area contributed by atoms with Crippen LogP contribution in [0.4, 0.5) is 5.69 Å². The summed E-state index contributed by atoms with van der Waals surface area (Å²) >= 11 is 1.48. The second-order valence-corrected chi connectivity index (χ2v) is 6.74. The fourth-order valence-electron chi connectivity index (χ4n) is 2.84. The minimum absolute atomic E-state index is 0.119. The van der Waals surface area contributed by atoms with Gasteiger partial charge in [0.15, 0.2) is 5.09 Å². The van der Waals surface area contributed by atoms with E-state index in [4.69, 9.17) is 9.15 Å². The maximum atomic E-state index is 12.9. The Morgan fingerprint density at radius 2 is 1.92 bits per heavy atom. The Morgan fingerprint density at radius 3 is 2.77 bits per heavy atom. The van der Waals surface area contributed by atoms with Crippen LogP contribution in [0.1, 0.15) is 12.0 Å². The molecule has 1 aromatic heterocycles. The Labute approximate surface area is 152 Å². The van der Waals surface area contributed by atoms with Crippen molar-refractivity contribution in [3.8, 4) is 5.75 Å². The molecule has 130 valence electrons. The monoisotopic (exact) mass is 367 g/mol. The van der Waals surface area contributed by atoms with Crippen molar-refractivity contribution in [2.24, 2.45) is 0 Å². The molecule has 1 aliphatic rings. The van der Waals surface area contributed by atoms with Crippen LogP contribution in [0, 0.1) is 10.1 Å². The smallest absolute Gasteiger partial charge is 0.311 e. The van der Waals surface area contributed by atoms with Crippen molar-refractivity contribution < 1.29 is 14.1 Å². The summed E-state index contributed by atoms with van der Waals surface area (Å²) in [5.74, 6) is 0.871. The number of hydrogen-bond acceptors (Lipinski definition) is 6. The van der Waals surface area contributed by atoms with Crippen molar-refractivity contribution in [3.05, 3.63) is 80.7 Å². The van der Waals surface area contributed by atoms with Crippen LogP contribution in [0.5, 0.6) is 5.75 Å². The summed E-state index contributed by atoms with van der Waals surface area (Å²) in [6.45, 7) is 0.